The minimum Gasteiger partial charge on any atom is -0.489 e. The second-order valence-corrected chi connectivity index (χ2v) is 9.05. The van der Waals surface area contributed by atoms with Crippen molar-refractivity contribution in [2.45, 2.75) is 13.5 Å². The standard InChI is InChI=1S/C26H21ClN2O4S/c1-17-5-2-3-8-22(17)28-24(30)15-29-25(31)23(34-26(29)32)14-19-6-4-7-21(13-19)33-16-18-9-11-20(27)12-10-18/h2-14H,15-16H2,1H3,(H,28,30)/b23-14+. The van der Waals surface area contributed by atoms with Crippen molar-refractivity contribution in [1.29, 1.82) is 0 Å². The van der Waals surface area contributed by atoms with Gasteiger partial charge in [0.1, 0.15) is 18.9 Å². The van der Waals surface area contributed by atoms with Crippen molar-refractivity contribution in [1.82, 2.24) is 4.90 Å². The summed E-state index contributed by atoms with van der Waals surface area (Å²) in [5.74, 6) is -0.307. The monoisotopic (exact) mass is 492 g/mol. The van der Waals surface area contributed by atoms with Crippen LogP contribution in [-0.4, -0.2) is 28.5 Å². The van der Waals surface area contributed by atoms with Crippen LogP contribution in [0.3, 0.4) is 0 Å². The number of anilines is 1. The first-order chi connectivity index (χ1) is 16.4. The molecule has 3 amide bonds. The predicted octanol–water partition coefficient (Wildman–Crippen LogP) is 5.90. The van der Waals surface area contributed by atoms with Gasteiger partial charge in [0.05, 0.1) is 4.91 Å². The van der Waals surface area contributed by atoms with Crippen LogP contribution in [0.15, 0.2) is 77.7 Å². The van der Waals surface area contributed by atoms with E-state index < -0.39 is 17.1 Å². The lowest BCUT2D eigenvalue weighted by molar-refractivity contribution is -0.127. The topological polar surface area (TPSA) is 75.7 Å². The minimum absolute atomic E-state index is 0.253. The van der Waals surface area contributed by atoms with Crippen LogP contribution in [0.5, 0.6) is 5.75 Å². The average Bonchev–Trinajstić information content (AvgIpc) is 3.08. The first kappa shape index (κ1) is 23.6. The fourth-order valence-corrected chi connectivity index (χ4v) is 4.24. The summed E-state index contributed by atoms with van der Waals surface area (Å²) >= 11 is 6.72. The largest absolute Gasteiger partial charge is 0.489 e. The number of rotatable bonds is 7. The van der Waals surface area contributed by atoms with E-state index in [0.717, 1.165) is 27.8 Å². The van der Waals surface area contributed by atoms with Crippen LogP contribution >= 0.6 is 23.4 Å². The van der Waals surface area contributed by atoms with E-state index in [9.17, 15) is 14.4 Å². The maximum atomic E-state index is 12.8. The molecule has 0 aliphatic carbocycles. The summed E-state index contributed by atoms with van der Waals surface area (Å²) in [5, 5.41) is 2.92. The first-order valence-electron chi connectivity index (χ1n) is 10.5. The molecule has 1 saturated heterocycles. The molecule has 0 spiro atoms. The van der Waals surface area contributed by atoms with Crippen molar-refractivity contribution >= 4 is 52.2 Å². The van der Waals surface area contributed by atoms with Crippen LogP contribution in [-0.2, 0) is 16.2 Å². The number of ether oxygens (including phenoxy) is 1. The van der Waals surface area contributed by atoms with Crippen molar-refractivity contribution in [3.05, 3.63) is 99.4 Å². The summed E-state index contributed by atoms with van der Waals surface area (Å²) < 4.78 is 5.83. The van der Waals surface area contributed by atoms with Crippen molar-refractivity contribution in [3.63, 3.8) is 0 Å². The van der Waals surface area contributed by atoms with E-state index in [4.69, 9.17) is 16.3 Å². The van der Waals surface area contributed by atoms with E-state index in [1.54, 1.807) is 36.4 Å². The molecule has 1 N–H and O–H groups in total. The molecule has 1 aliphatic rings. The van der Waals surface area contributed by atoms with Gasteiger partial charge >= 0.3 is 0 Å². The van der Waals surface area contributed by atoms with Gasteiger partial charge in [-0.3, -0.25) is 19.3 Å². The number of benzene rings is 3. The number of hydrogen-bond donors (Lipinski definition) is 1. The van der Waals surface area contributed by atoms with Crippen LogP contribution < -0.4 is 10.1 Å². The Morgan fingerprint density at radius 3 is 2.59 bits per heavy atom. The van der Waals surface area contributed by atoms with Gasteiger partial charge in [-0.05, 0) is 71.8 Å². The smallest absolute Gasteiger partial charge is 0.294 e. The second kappa shape index (κ2) is 10.6. The van der Waals surface area contributed by atoms with Gasteiger partial charge in [-0.1, -0.05) is 54.1 Å². The molecule has 0 aromatic heterocycles. The molecule has 4 rings (SSSR count). The number of halogens is 1. The predicted molar refractivity (Wildman–Crippen MR) is 135 cm³/mol. The highest BCUT2D eigenvalue weighted by Gasteiger charge is 2.36. The van der Waals surface area contributed by atoms with E-state index in [-0.39, 0.29) is 11.4 Å². The van der Waals surface area contributed by atoms with Crippen molar-refractivity contribution in [3.8, 4) is 5.75 Å². The molecular weight excluding hydrogens is 472 g/mol. The Hall–Kier alpha value is -3.55. The molecule has 34 heavy (non-hydrogen) atoms. The molecule has 1 aliphatic heterocycles. The van der Waals surface area contributed by atoms with E-state index in [2.05, 4.69) is 5.32 Å². The van der Waals surface area contributed by atoms with Gasteiger partial charge in [0.2, 0.25) is 5.91 Å². The minimum atomic E-state index is -0.498. The Morgan fingerprint density at radius 1 is 1.06 bits per heavy atom. The van der Waals surface area contributed by atoms with Crippen LogP contribution in [0.25, 0.3) is 6.08 Å². The van der Waals surface area contributed by atoms with Crippen LogP contribution in [0.1, 0.15) is 16.7 Å². The fraction of sp³-hybridized carbons (Fsp3) is 0.115. The van der Waals surface area contributed by atoms with Crippen LogP contribution in [0.4, 0.5) is 10.5 Å². The number of amides is 3. The van der Waals surface area contributed by atoms with Crippen LogP contribution in [0, 0.1) is 6.92 Å². The maximum absolute atomic E-state index is 12.8. The summed E-state index contributed by atoms with van der Waals surface area (Å²) in [6, 6.07) is 21.9. The van der Waals surface area contributed by atoms with Gasteiger partial charge in [0.15, 0.2) is 0 Å². The Morgan fingerprint density at radius 2 is 1.82 bits per heavy atom. The lowest BCUT2D eigenvalue weighted by Gasteiger charge is -2.13. The molecule has 3 aromatic carbocycles. The molecule has 0 unspecified atom stereocenters. The Labute approximate surface area is 206 Å². The Balaban J connectivity index is 1.40. The zero-order valence-corrected chi connectivity index (χ0v) is 19.9. The number of para-hydroxylation sites is 1. The molecule has 172 valence electrons. The van der Waals surface area contributed by atoms with Gasteiger partial charge in [0.25, 0.3) is 11.1 Å². The van der Waals surface area contributed by atoms with Gasteiger partial charge < -0.3 is 10.1 Å². The van der Waals surface area contributed by atoms with Gasteiger partial charge in [-0.2, -0.15) is 0 Å². The van der Waals surface area contributed by atoms with Gasteiger partial charge in [-0.15, -0.1) is 0 Å². The van der Waals surface area contributed by atoms with Crippen molar-refractivity contribution in [2.75, 3.05) is 11.9 Å². The maximum Gasteiger partial charge on any atom is 0.294 e. The number of aryl methyl sites for hydroxylation is 1. The number of nitrogens with one attached hydrogen (secondary N) is 1. The van der Waals surface area contributed by atoms with E-state index in [1.165, 1.54) is 0 Å². The third-order valence-electron chi connectivity index (χ3n) is 5.07. The van der Waals surface area contributed by atoms with Crippen LogP contribution in [0.2, 0.25) is 5.02 Å². The molecule has 0 radical (unpaired) electrons. The lowest BCUT2D eigenvalue weighted by atomic mass is 10.2. The summed E-state index contributed by atoms with van der Waals surface area (Å²) in [6.45, 7) is 1.89. The normalized spacial score (nSPS) is 14.5. The number of imide groups is 1. The summed E-state index contributed by atoms with van der Waals surface area (Å²) in [7, 11) is 0. The molecule has 3 aromatic rings. The zero-order valence-electron chi connectivity index (χ0n) is 18.3. The molecule has 8 heteroatoms. The highest BCUT2D eigenvalue weighted by Crippen LogP contribution is 2.32. The van der Waals surface area contributed by atoms with E-state index >= 15 is 0 Å². The van der Waals surface area contributed by atoms with Crippen molar-refractivity contribution < 1.29 is 19.1 Å². The fourth-order valence-electron chi connectivity index (χ4n) is 3.28. The number of nitrogens with zero attached hydrogens (tertiary/aromatic N) is 1. The highest BCUT2D eigenvalue weighted by molar-refractivity contribution is 8.18. The summed E-state index contributed by atoms with van der Waals surface area (Å²) in [4.78, 5) is 38.8. The Bertz CT molecular complexity index is 1270. The highest BCUT2D eigenvalue weighted by atomic mass is 35.5. The average molecular weight is 493 g/mol. The molecule has 1 heterocycles. The SMILES string of the molecule is Cc1ccccc1NC(=O)CN1C(=O)S/C(=C/c2cccc(OCc3ccc(Cl)cc3)c2)C1=O. The summed E-state index contributed by atoms with van der Waals surface area (Å²) in [5.41, 5.74) is 3.22. The molecule has 0 saturated carbocycles. The molecule has 1 fully saturated rings. The molecule has 0 atom stereocenters. The zero-order chi connectivity index (χ0) is 24.1. The van der Waals surface area contributed by atoms with Gasteiger partial charge in [0, 0.05) is 10.7 Å². The second-order valence-electron chi connectivity index (χ2n) is 7.62. The van der Waals surface area contributed by atoms with Crippen molar-refractivity contribution in [2.24, 2.45) is 0 Å². The quantitative estimate of drug-likeness (QED) is 0.415. The van der Waals surface area contributed by atoms with E-state index in [0.29, 0.717) is 28.6 Å². The summed E-state index contributed by atoms with van der Waals surface area (Å²) in [6.07, 6.45) is 1.62. The Kier molecular flexibility index (Phi) is 7.35. The molecular formula is C26H21ClN2O4S. The van der Waals surface area contributed by atoms with E-state index in [1.807, 2.05) is 49.4 Å². The third kappa shape index (κ3) is 5.87. The number of hydrogen-bond acceptors (Lipinski definition) is 5. The van der Waals surface area contributed by atoms with Gasteiger partial charge in [-0.25, -0.2) is 0 Å². The lowest BCUT2D eigenvalue weighted by Crippen LogP contribution is -2.36. The number of thioether (sulfide) groups is 1. The molecule has 0 bridgehead atoms. The number of carbonyl (C=O) groups is 3. The molecule has 6 nitrogen and oxygen atoms in total. The first-order valence-corrected chi connectivity index (χ1v) is 11.7. The number of carbonyl (C=O) groups excluding carboxylic acids is 3. The third-order valence-corrected chi connectivity index (χ3v) is 6.23.